The van der Waals surface area contributed by atoms with Gasteiger partial charge in [0.15, 0.2) is 0 Å². The lowest BCUT2D eigenvalue weighted by Crippen LogP contribution is -2.39. The van der Waals surface area contributed by atoms with Gasteiger partial charge in [0, 0.05) is 0 Å². The second-order valence-corrected chi connectivity index (χ2v) is 6.41. The van der Waals surface area contributed by atoms with Gasteiger partial charge in [-0.15, -0.1) is 0 Å². The topological polar surface area (TPSA) is 112 Å². The van der Waals surface area contributed by atoms with E-state index in [0.29, 0.717) is 12.4 Å². The lowest BCUT2D eigenvalue weighted by molar-refractivity contribution is -0.140. The molecular formula is C19H23NO8. The number of benzene rings is 1. The summed E-state index contributed by atoms with van der Waals surface area (Å²) < 4.78 is 20.8. The van der Waals surface area contributed by atoms with Crippen LogP contribution >= 0.6 is 0 Å². The average Bonchev–Trinajstić information content (AvgIpc) is 2.70. The van der Waals surface area contributed by atoms with Crippen LogP contribution in [0.4, 0.5) is 5.69 Å². The molecule has 0 saturated heterocycles. The van der Waals surface area contributed by atoms with Crippen molar-refractivity contribution in [3.63, 3.8) is 0 Å². The molecule has 1 aromatic rings. The molecule has 0 unspecified atom stereocenters. The number of carboxylic acids is 1. The zero-order valence-electron chi connectivity index (χ0n) is 16.2. The van der Waals surface area contributed by atoms with Crippen LogP contribution < -0.4 is 9.64 Å². The van der Waals surface area contributed by atoms with Crippen LogP contribution in [-0.4, -0.2) is 57.2 Å². The largest absolute Gasteiger partial charge is 0.491 e. The lowest BCUT2D eigenvalue weighted by Gasteiger charge is -2.32. The number of anilines is 1. The molecule has 0 bridgehead atoms. The van der Waals surface area contributed by atoms with Crippen LogP contribution in [0.5, 0.6) is 5.75 Å². The molecule has 9 nitrogen and oxygen atoms in total. The van der Waals surface area contributed by atoms with Gasteiger partial charge < -0.3 is 29.0 Å². The number of hydrogen-bond acceptors (Lipinski definition) is 8. The highest BCUT2D eigenvalue weighted by atomic mass is 16.5. The maximum absolute atomic E-state index is 12.4. The van der Waals surface area contributed by atoms with Gasteiger partial charge in [-0.05, 0) is 24.1 Å². The summed E-state index contributed by atoms with van der Waals surface area (Å²) in [4.78, 5) is 37.4. The molecule has 0 aromatic heterocycles. The van der Waals surface area contributed by atoms with Gasteiger partial charge in [0.1, 0.15) is 18.2 Å². The fourth-order valence-corrected chi connectivity index (χ4v) is 2.57. The Hall–Kier alpha value is -3.07. The zero-order chi connectivity index (χ0) is 20.8. The van der Waals surface area contributed by atoms with Crippen LogP contribution in [0.1, 0.15) is 24.2 Å². The monoisotopic (exact) mass is 393 g/mol. The van der Waals surface area contributed by atoms with Crippen molar-refractivity contribution in [2.75, 3.05) is 39.1 Å². The van der Waals surface area contributed by atoms with E-state index in [2.05, 4.69) is 0 Å². The van der Waals surface area contributed by atoms with Crippen LogP contribution in [-0.2, 0) is 23.8 Å². The van der Waals surface area contributed by atoms with Crippen LogP contribution in [0.15, 0.2) is 29.5 Å². The number of rotatable bonds is 7. The highest BCUT2D eigenvalue weighted by Crippen LogP contribution is 2.35. The summed E-state index contributed by atoms with van der Waals surface area (Å²) in [5.41, 5.74) is 0.136. The molecule has 0 amide bonds. The molecule has 0 radical (unpaired) electrons. The fraction of sp³-hybridized carbons (Fsp3) is 0.421. The molecular weight excluding hydrogens is 370 g/mol. The van der Waals surface area contributed by atoms with Crippen molar-refractivity contribution in [3.05, 3.63) is 35.0 Å². The second kappa shape index (κ2) is 9.23. The van der Waals surface area contributed by atoms with Crippen LogP contribution in [0.25, 0.3) is 0 Å². The standard InChI is InChI=1S/C19H23NO8/c1-11(2)8-28-15-6-5-12(17(21)22)7-14(15)20-10-27-9-13(18(23)25-3)16(20)19(24)26-4/h5-7,11H,8-10H2,1-4H3,(H,21,22). The van der Waals surface area contributed by atoms with E-state index in [1.54, 1.807) is 0 Å². The van der Waals surface area contributed by atoms with Crippen LogP contribution in [0.2, 0.25) is 0 Å². The third-order valence-electron chi connectivity index (χ3n) is 3.90. The minimum atomic E-state index is -1.15. The van der Waals surface area contributed by atoms with Crippen molar-refractivity contribution in [2.24, 2.45) is 5.92 Å². The van der Waals surface area contributed by atoms with Crippen molar-refractivity contribution in [3.8, 4) is 5.75 Å². The molecule has 1 aliphatic heterocycles. The first-order chi connectivity index (χ1) is 13.3. The highest BCUT2D eigenvalue weighted by molar-refractivity contribution is 6.04. The molecule has 1 N–H and O–H groups in total. The first kappa shape index (κ1) is 21.2. The van der Waals surface area contributed by atoms with E-state index in [9.17, 15) is 19.5 Å². The van der Waals surface area contributed by atoms with E-state index in [1.165, 1.54) is 37.3 Å². The van der Waals surface area contributed by atoms with Gasteiger partial charge in [-0.25, -0.2) is 14.4 Å². The summed E-state index contributed by atoms with van der Waals surface area (Å²) >= 11 is 0. The van der Waals surface area contributed by atoms with Crippen LogP contribution in [0, 0.1) is 5.92 Å². The lowest BCUT2D eigenvalue weighted by atomic mass is 10.1. The van der Waals surface area contributed by atoms with Gasteiger partial charge in [0.05, 0.1) is 44.3 Å². The van der Waals surface area contributed by atoms with Crippen molar-refractivity contribution in [1.29, 1.82) is 0 Å². The minimum Gasteiger partial charge on any atom is -0.491 e. The molecule has 2 rings (SSSR count). The molecule has 0 spiro atoms. The summed E-state index contributed by atoms with van der Waals surface area (Å²) in [5.74, 6) is -2.12. The van der Waals surface area contributed by atoms with Crippen molar-refractivity contribution >= 4 is 23.6 Å². The Morgan fingerprint density at radius 1 is 1.18 bits per heavy atom. The first-order valence-corrected chi connectivity index (χ1v) is 8.55. The maximum atomic E-state index is 12.4. The molecule has 0 aliphatic carbocycles. The summed E-state index contributed by atoms with van der Waals surface area (Å²) in [6.45, 7) is 4.05. The number of hydrogen-bond donors (Lipinski definition) is 1. The Bertz CT molecular complexity index is 799. The SMILES string of the molecule is COC(=O)C1=C(C(=O)OC)N(c2cc(C(=O)O)ccc2OCC(C)C)COC1. The maximum Gasteiger partial charge on any atom is 0.355 e. The van der Waals surface area contributed by atoms with E-state index in [-0.39, 0.29) is 41.8 Å². The quantitative estimate of drug-likeness (QED) is 0.693. The molecule has 152 valence electrons. The third kappa shape index (κ3) is 4.61. The third-order valence-corrected chi connectivity index (χ3v) is 3.90. The van der Waals surface area contributed by atoms with Gasteiger partial charge >= 0.3 is 17.9 Å². The van der Waals surface area contributed by atoms with E-state index in [4.69, 9.17) is 18.9 Å². The number of carbonyl (C=O) groups excluding carboxylic acids is 2. The van der Waals surface area contributed by atoms with Crippen molar-refractivity contribution < 1.29 is 38.4 Å². The highest BCUT2D eigenvalue weighted by Gasteiger charge is 2.34. The minimum absolute atomic E-state index is 0.0127. The molecule has 0 saturated carbocycles. The van der Waals surface area contributed by atoms with E-state index in [0.717, 1.165) is 0 Å². The predicted octanol–water partition coefficient (Wildman–Crippen LogP) is 1.81. The normalized spacial score (nSPS) is 14.1. The average molecular weight is 393 g/mol. The molecule has 28 heavy (non-hydrogen) atoms. The van der Waals surface area contributed by atoms with Gasteiger partial charge in [0.2, 0.25) is 0 Å². The molecule has 1 aliphatic rings. The van der Waals surface area contributed by atoms with Gasteiger partial charge in [-0.1, -0.05) is 13.8 Å². The molecule has 0 fully saturated rings. The van der Waals surface area contributed by atoms with Crippen LogP contribution in [0.3, 0.4) is 0 Å². The Morgan fingerprint density at radius 2 is 1.86 bits per heavy atom. The Kier molecular flexibility index (Phi) is 7.00. The Morgan fingerprint density at radius 3 is 2.43 bits per heavy atom. The van der Waals surface area contributed by atoms with Gasteiger partial charge in [-0.3, -0.25) is 0 Å². The predicted molar refractivity (Wildman–Crippen MR) is 98.1 cm³/mol. The number of nitrogens with zero attached hydrogens (tertiary/aromatic N) is 1. The summed E-state index contributed by atoms with van der Waals surface area (Å²) in [6, 6.07) is 4.25. The van der Waals surface area contributed by atoms with Gasteiger partial charge in [-0.2, -0.15) is 0 Å². The number of aromatic carboxylic acids is 1. The molecule has 1 heterocycles. The first-order valence-electron chi connectivity index (χ1n) is 8.55. The Balaban J connectivity index is 2.63. The number of carbonyl (C=O) groups is 3. The summed E-state index contributed by atoms with van der Waals surface area (Å²) in [6.07, 6.45) is 0. The number of ether oxygens (including phenoxy) is 4. The zero-order valence-corrected chi connectivity index (χ0v) is 16.2. The van der Waals surface area contributed by atoms with Crippen molar-refractivity contribution in [2.45, 2.75) is 13.8 Å². The number of esters is 2. The second-order valence-electron chi connectivity index (χ2n) is 6.41. The molecule has 1 aromatic carbocycles. The van der Waals surface area contributed by atoms with E-state index >= 15 is 0 Å². The van der Waals surface area contributed by atoms with E-state index < -0.39 is 17.9 Å². The van der Waals surface area contributed by atoms with Crippen molar-refractivity contribution in [1.82, 2.24) is 0 Å². The molecule has 9 heteroatoms. The number of methoxy groups -OCH3 is 2. The molecule has 0 atom stereocenters. The van der Waals surface area contributed by atoms with Gasteiger partial charge in [0.25, 0.3) is 0 Å². The number of carboxylic acid groups (broad SMARTS) is 1. The van der Waals surface area contributed by atoms with E-state index in [1.807, 2.05) is 13.8 Å². The Labute approximate surface area is 162 Å². The smallest absolute Gasteiger partial charge is 0.355 e. The summed E-state index contributed by atoms with van der Waals surface area (Å²) in [5, 5.41) is 9.35. The summed E-state index contributed by atoms with van der Waals surface area (Å²) in [7, 11) is 2.37. The fourth-order valence-electron chi connectivity index (χ4n) is 2.57.